The van der Waals surface area contributed by atoms with Crippen molar-refractivity contribution in [1.82, 2.24) is 5.32 Å². The molecule has 1 atom stereocenters. The average molecular weight is 207 g/mol. The van der Waals surface area contributed by atoms with E-state index in [0.29, 0.717) is 5.92 Å². The average Bonchev–Trinajstić information content (AvgIpc) is 2.31. The van der Waals surface area contributed by atoms with Crippen LogP contribution in [0.4, 0.5) is 4.39 Å². The summed E-state index contributed by atoms with van der Waals surface area (Å²) < 4.78 is 13.7. The number of hydrogen-bond acceptors (Lipinski definition) is 1. The van der Waals surface area contributed by atoms with Gasteiger partial charge in [0, 0.05) is 6.54 Å². The first-order valence-corrected chi connectivity index (χ1v) is 5.80. The van der Waals surface area contributed by atoms with E-state index in [4.69, 9.17) is 0 Å². The minimum absolute atomic E-state index is 0.0408. The molecule has 0 radical (unpaired) electrons. The molecule has 0 saturated carbocycles. The zero-order valence-electron chi connectivity index (χ0n) is 9.22. The zero-order chi connectivity index (χ0) is 10.7. The van der Waals surface area contributed by atoms with Crippen molar-refractivity contribution in [3.63, 3.8) is 0 Å². The Morgan fingerprint density at radius 3 is 3.00 bits per heavy atom. The van der Waals surface area contributed by atoms with Gasteiger partial charge < -0.3 is 5.32 Å². The van der Waals surface area contributed by atoms with Crippen molar-refractivity contribution in [3.05, 3.63) is 35.1 Å². The second-order valence-electron chi connectivity index (χ2n) is 4.25. The molecule has 1 N–H and O–H groups in total. The number of halogens is 1. The van der Waals surface area contributed by atoms with Crippen molar-refractivity contribution in [2.75, 3.05) is 13.1 Å². The fourth-order valence-electron chi connectivity index (χ4n) is 2.24. The van der Waals surface area contributed by atoms with Crippen molar-refractivity contribution >= 4 is 0 Å². The minimum atomic E-state index is -0.0408. The highest BCUT2D eigenvalue weighted by atomic mass is 19.1. The number of piperidine rings is 1. The fraction of sp³-hybridized carbons (Fsp3) is 0.538. The molecule has 1 fully saturated rings. The molecule has 82 valence electrons. The third kappa shape index (κ3) is 2.37. The van der Waals surface area contributed by atoms with Crippen molar-refractivity contribution in [3.8, 4) is 0 Å². The Morgan fingerprint density at radius 2 is 2.33 bits per heavy atom. The van der Waals surface area contributed by atoms with E-state index < -0.39 is 0 Å². The molecule has 0 aliphatic carbocycles. The lowest BCUT2D eigenvalue weighted by molar-refractivity contribution is 0.446. The summed E-state index contributed by atoms with van der Waals surface area (Å²) in [5, 5.41) is 3.33. The topological polar surface area (TPSA) is 12.0 Å². The Balaban J connectivity index is 2.24. The van der Waals surface area contributed by atoms with Gasteiger partial charge in [-0.15, -0.1) is 0 Å². The van der Waals surface area contributed by atoms with E-state index in [0.717, 1.165) is 37.9 Å². The Kier molecular flexibility index (Phi) is 3.37. The molecule has 0 aromatic heterocycles. The van der Waals surface area contributed by atoms with Crippen LogP contribution in [0.2, 0.25) is 0 Å². The van der Waals surface area contributed by atoms with E-state index in [9.17, 15) is 4.39 Å². The van der Waals surface area contributed by atoms with Crippen LogP contribution in [0.15, 0.2) is 18.2 Å². The van der Waals surface area contributed by atoms with E-state index in [1.165, 1.54) is 5.56 Å². The lowest BCUT2D eigenvalue weighted by Gasteiger charge is -2.23. The lowest BCUT2D eigenvalue weighted by atomic mass is 9.90. The first-order chi connectivity index (χ1) is 7.31. The van der Waals surface area contributed by atoms with Crippen LogP contribution in [0.1, 0.15) is 36.8 Å². The second-order valence-corrected chi connectivity index (χ2v) is 4.25. The molecule has 1 saturated heterocycles. The van der Waals surface area contributed by atoms with Crippen LogP contribution in [0.5, 0.6) is 0 Å². The number of hydrogen-bond donors (Lipinski definition) is 1. The molecule has 1 unspecified atom stereocenters. The fourth-order valence-corrected chi connectivity index (χ4v) is 2.24. The molecule has 2 heteroatoms. The summed E-state index contributed by atoms with van der Waals surface area (Å²) >= 11 is 0. The van der Waals surface area contributed by atoms with Crippen LogP contribution in [0.25, 0.3) is 0 Å². The molecule has 15 heavy (non-hydrogen) atoms. The molecule has 2 rings (SSSR count). The molecule has 1 nitrogen and oxygen atoms in total. The van der Waals surface area contributed by atoms with Gasteiger partial charge in [0.25, 0.3) is 0 Å². The quantitative estimate of drug-likeness (QED) is 0.786. The molecule has 1 aliphatic rings. The van der Waals surface area contributed by atoms with Crippen LogP contribution in [0, 0.1) is 5.82 Å². The van der Waals surface area contributed by atoms with Gasteiger partial charge in [-0.05, 0) is 48.9 Å². The summed E-state index contributed by atoms with van der Waals surface area (Å²) in [5.41, 5.74) is 2.14. The maximum atomic E-state index is 13.7. The van der Waals surface area contributed by atoms with Crippen LogP contribution in [-0.2, 0) is 6.42 Å². The van der Waals surface area contributed by atoms with Crippen molar-refractivity contribution < 1.29 is 4.39 Å². The molecule has 1 heterocycles. The van der Waals surface area contributed by atoms with Gasteiger partial charge in [0.05, 0.1) is 0 Å². The molecule has 0 amide bonds. The Hall–Kier alpha value is -0.890. The number of nitrogens with one attached hydrogen (secondary N) is 1. The van der Waals surface area contributed by atoms with Crippen molar-refractivity contribution in [1.29, 1.82) is 0 Å². The number of rotatable bonds is 2. The minimum Gasteiger partial charge on any atom is -0.316 e. The van der Waals surface area contributed by atoms with Crippen LogP contribution in [-0.4, -0.2) is 13.1 Å². The SMILES string of the molecule is CCc1ccc(F)c(C2CCCNC2)c1. The highest BCUT2D eigenvalue weighted by molar-refractivity contribution is 5.28. The molecular weight excluding hydrogens is 189 g/mol. The maximum Gasteiger partial charge on any atom is 0.126 e. The summed E-state index contributed by atoms with van der Waals surface area (Å²) in [7, 11) is 0. The van der Waals surface area contributed by atoms with E-state index in [1.54, 1.807) is 6.07 Å². The zero-order valence-corrected chi connectivity index (χ0v) is 9.22. The first kappa shape index (κ1) is 10.6. The normalized spacial score (nSPS) is 21.6. The van der Waals surface area contributed by atoms with Gasteiger partial charge >= 0.3 is 0 Å². The Bertz CT molecular complexity index is 329. The number of benzene rings is 1. The Labute approximate surface area is 90.7 Å². The van der Waals surface area contributed by atoms with Crippen molar-refractivity contribution in [2.24, 2.45) is 0 Å². The monoisotopic (exact) mass is 207 g/mol. The van der Waals surface area contributed by atoms with Gasteiger partial charge in [0.1, 0.15) is 5.82 Å². The van der Waals surface area contributed by atoms with Crippen LogP contribution < -0.4 is 5.32 Å². The van der Waals surface area contributed by atoms with Gasteiger partial charge in [-0.1, -0.05) is 19.1 Å². The first-order valence-electron chi connectivity index (χ1n) is 5.80. The van der Waals surface area contributed by atoms with Gasteiger partial charge in [0.15, 0.2) is 0 Å². The lowest BCUT2D eigenvalue weighted by Crippen LogP contribution is -2.28. The highest BCUT2D eigenvalue weighted by Gasteiger charge is 2.18. The highest BCUT2D eigenvalue weighted by Crippen LogP contribution is 2.26. The van der Waals surface area contributed by atoms with E-state index >= 15 is 0 Å². The third-order valence-electron chi connectivity index (χ3n) is 3.21. The van der Waals surface area contributed by atoms with Gasteiger partial charge in [-0.2, -0.15) is 0 Å². The van der Waals surface area contributed by atoms with Crippen molar-refractivity contribution in [2.45, 2.75) is 32.1 Å². The summed E-state index contributed by atoms with van der Waals surface area (Å²) in [6.07, 6.45) is 3.24. The predicted octanol–water partition coefficient (Wildman–Crippen LogP) is 2.86. The smallest absolute Gasteiger partial charge is 0.126 e. The molecule has 1 aliphatic heterocycles. The summed E-state index contributed by atoms with van der Waals surface area (Å²) in [6.45, 7) is 4.10. The predicted molar refractivity (Wildman–Crippen MR) is 60.6 cm³/mol. The third-order valence-corrected chi connectivity index (χ3v) is 3.21. The molecule has 1 aromatic carbocycles. The standard InChI is InChI=1S/C13H18FN/c1-2-10-5-6-13(14)12(8-10)11-4-3-7-15-9-11/h5-6,8,11,15H,2-4,7,9H2,1H3. The summed E-state index contributed by atoms with van der Waals surface area (Å²) in [5.74, 6) is 0.325. The number of aryl methyl sites for hydroxylation is 1. The summed E-state index contributed by atoms with van der Waals surface area (Å²) in [4.78, 5) is 0. The second kappa shape index (κ2) is 4.75. The van der Waals surface area contributed by atoms with Gasteiger partial charge in [0.2, 0.25) is 0 Å². The molecule has 0 spiro atoms. The Morgan fingerprint density at radius 1 is 1.47 bits per heavy atom. The largest absolute Gasteiger partial charge is 0.316 e. The molecule has 0 bridgehead atoms. The van der Waals surface area contributed by atoms with E-state index in [-0.39, 0.29) is 5.82 Å². The molecule has 1 aromatic rings. The molecular formula is C13H18FN. The summed E-state index contributed by atoms with van der Waals surface area (Å²) in [6, 6.07) is 5.53. The van der Waals surface area contributed by atoms with Crippen LogP contribution >= 0.6 is 0 Å². The van der Waals surface area contributed by atoms with Gasteiger partial charge in [-0.25, -0.2) is 4.39 Å². The maximum absolute atomic E-state index is 13.7. The van der Waals surface area contributed by atoms with Crippen LogP contribution in [0.3, 0.4) is 0 Å². The van der Waals surface area contributed by atoms with E-state index in [2.05, 4.69) is 12.2 Å². The van der Waals surface area contributed by atoms with Gasteiger partial charge in [-0.3, -0.25) is 0 Å². The van der Waals surface area contributed by atoms with E-state index in [1.807, 2.05) is 12.1 Å².